The maximum atomic E-state index is 12.2. The van der Waals surface area contributed by atoms with Crippen molar-refractivity contribution in [1.82, 2.24) is 0 Å². The van der Waals surface area contributed by atoms with Gasteiger partial charge in [-0.1, -0.05) is 30.3 Å². The maximum absolute atomic E-state index is 12.2. The Labute approximate surface area is 133 Å². The first-order valence-corrected chi connectivity index (χ1v) is 7.87. The van der Waals surface area contributed by atoms with E-state index in [4.69, 9.17) is 4.74 Å². The molecule has 0 unspecified atom stereocenters. The Morgan fingerprint density at radius 3 is 2.73 bits per heavy atom. The summed E-state index contributed by atoms with van der Waals surface area (Å²) in [5.74, 6) is 0.0897. The standard InChI is InChI=1S/C17H15NO3S/c1-21-17(20)13-7-8-14-15(9-13)22-11-16(19)18(14)10-12-5-3-2-4-6-12/h2-9H,10-11H2,1H3. The van der Waals surface area contributed by atoms with Gasteiger partial charge in [0.1, 0.15) is 0 Å². The Morgan fingerprint density at radius 1 is 1.23 bits per heavy atom. The largest absolute Gasteiger partial charge is 0.465 e. The third-order valence-electron chi connectivity index (χ3n) is 3.51. The third kappa shape index (κ3) is 2.85. The summed E-state index contributed by atoms with van der Waals surface area (Å²) in [7, 11) is 1.36. The van der Waals surface area contributed by atoms with E-state index in [0.29, 0.717) is 17.9 Å². The Kier molecular flexibility index (Phi) is 4.15. The first kappa shape index (κ1) is 14.7. The number of hydrogen-bond donors (Lipinski definition) is 0. The zero-order chi connectivity index (χ0) is 15.5. The van der Waals surface area contributed by atoms with Crippen LogP contribution in [0.3, 0.4) is 0 Å². The number of rotatable bonds is 3. The van der Waals surface area contributed by atoms with E-state index in [1.807, 2.05) is 36.4 Å². The zero-order valence-corrected chi connectivity index (χ0v) is 12.9. The van der Waals surface area contributed by atoms with Crippen LogP contribution < -0.4 is 4.90 Å². The minimum atomic E-state index is -0.366. The van der Waals surface area contributed by atoms with Gasteiger partial charge in [-0.25, -0.2) is 4.79 Å². The average Bonchev–Trinajstić information content (AvgIpc) is 2.57. The zero-order valence-electron chi connectivity index (χ0n) is 12.1. The first-order valence-electron chi connectivity index (χ1n) is 6.88. The summed E-state index contributed by atoms with van der Waals surface area (Å²) in [5, 5.41) is 0. The predicted octanol–water partition coefficient (Wildman–Crippen LogP) is 3.11. The lowest BCUT2D eigenvalue weighted by atomic mass is 10.1. The second-order valence-electron chi connectivity index (χ2n) is 4.93. The monoisotopic (exact) mass is 313 g/mol. The van der Waals surface area contributed by atoms with E-state index in [-0.39, 0.29) is 11.9 Å². The number of nitrogens with zero attached hydrogens (tertiary/aromatic N) is 1. The molecule has 112 valence electrons. The van der Waals surface area contributed by atoms with Gasteiger partial charge in [-0.3, -0.25) is 4.79 Å². The molecule has 3 rings (SSSR count). The van der Waals surface area contributed by atoms with E-state index >= 15 is 0 Å². The quantitative estimate of drug-likeness (QED) is 0.817. The van der Waals surface area contributed by atoms with Crippen LogP contribution in [0.4, 0.5) is 5.69 Å². The third-order valence-corrected chi connectivity index (χ3v) is 4.54. The van der Waals surface area contributed by atoms with Crippen LogP contribution in [-0.2, 0) is 16.1 Å². The molecule has 1 amide bonds. The Hall–Kier alpha value is -2.27. The number of fused-ring (bicyclic) bond motifs is 1. The fourth-order valence-corrected chi connectivity index (χ4v) is 3.36. The van der Waals surface area contributed by atoms with Crippen LogP contribution in [0, 0.1) is 0 Å². The van der Waals surface area contributed by atoms with Crippen LogP contribution >= 0.6 is 11.8 Å². The van der Waals surface area contributed by atoms with E-state index in [2.05, 4.69) is 0 Å². The van der Waals surface area contributed by atoms with Gasteiger partial charge >= 0.3 is 5.97 Å². The summed E-state index contributed by atoms with van der Waals surface area (Å²) in [6.45, 7) is 0.533. The molecule has 0 saturated heterocycles. The van der Waals surface area contributed by atoms with Crippen molar-refractivity contribution in [1.29, 1.82) is 0 Å². The molecule has 0 spiro atoms. The van der Waals surface area contributed by atoms with Crippen LogP contribution in [-0.4, -0.2) is 24.7 Å². The minimum absolute atomic E-state index is 0.0761. The number of methoxy groups -OCH3 is 1. The Balaban J connectivity index is 1.93. The molecule has 0 bridgehead atoms. The topological polar surface area (TPSA) is 46.6 Å². The van der Waals surface area contributed by atoms with Gasteiger partial charge in [0, 0.05) is 4.90 Å². The molecule has 22 heavy (non-hydrogen) atoms. The molecule has 1 aliphatic heterocycles. The molecule has 0 saturated carbocycles. The summed E-state index contributed by atoms with van der Waals surface area (Å²) < 4.78 is 4.74. The molecule has 4 nitrogen and oxygen atoms in total. The van der Waals surface area contributed by atoms with Crippen molar-refractivity contribution in [2.45, 2.75) is 11.4 Å². The van der Waals surface area contributed by atoms with Crippen molar-refractivity contribution in [2.75, 3.05) is 17.8 Å². The SMILES string of the molecule is COC(=O)c1ccc2c(c1)SCC(=O)N2Cc1ccccc1. The normalized spacial score (nSPS) is 13.7. The molecule has 0 fully saturated rings. The summed E-state index contributed by atoms with van der Waals surface area (Å²) in [6.07, 6.45) is 0. The van der Waals surface area contributed by atoms with Gasteiger partial charge < -0.3 is 9.64 Å². The lowest BCUT2D eigenvalue weighted by molar-refractivity contribution is -0.116. The summed E-state index contributed by atoms with van der Waals surface area (Å²) >= 11 is 1.45. The molecule has 0 aliphatic carbocycles. The Morgan fingerprint density at radius 2 is 2.00 bits per heavy atom. The molecular weight excluding hydrogens is 298 g/mol. The van der Waals surface area contributed by atoms with E-state index in [0.717, 1.165) is 16.1 Å². The Bertz CT molecular complexity index is 715. The van der Waals surface area contributed by atoms with Crippen molar-refractivity contribution in [3.63, 3.8) is 0 Å². The number of thioether (sulfide) groups is 1. The number of hydrogen-bond acceptors (Lipinski definition) is 4. The van der Waals surface area contributed by atoms with Crippen molar-refractivity contribution in [3.8, 4) is 0 Å². The highest BCUT2D eigenvalue weighted by molar-refractivity contribution is 8.00. The number of ether oxygens (including phenoxy) is 1. The highest BCUT2D eigenvalue weighted by atomic mass is 32.2. The van der Waals surface area contributed by atoms with Crippen LogP contribution in [0.5, 0.6) is 0 Å². The van der Waals surface area contributed by atoms with Gasteiger partial charge in [0.05, 0.1) is 30.7 Å². The van der Waals surface area contributed by atoms with E-state index in [1.54, 1.807) is 17.0 Å². The first-order chi connectivity index (χ1) is 10.7. The fraction of sp³-hybridized carbons (Fsp3) is 0.176. The van der Waals surface area contributed by atoms with Crippen LogP contribution in [0.15, 0.2) is 53.4 Å². The molecule has 0 atom stereocenters. The van der Waals surface area contributed by atoms with Gasteiger partial charge in [0.25, 0.3) is 0 Å². The number of carbonyl (C=O) groups is 2. The van der Waals surface area contributed by atoms with Gasteiger partial charge in [-0.05, 0) is 23.8 Å². The van der Waals surface area contributed by atoms with Gasteiger partial charge in [0.15, 0.2) is 0 Å². The minimum Gasteiger partial charge on any atom is -0.465 e. The maximum Gasteiger partial charge on any atom is 0.337 e. The lowest BCUT2D eigenvalue weighted by Crippen LogP contribution is -2.34. The molecule has 1 aliphatic rings. The predicted molar refractivity (Wildman–Crippen MR) is 86.1 cm³/mol. The van der Waals surface area contributed by atoms with Crippen molar-refractivity contribution < 1.29 is 14.3 Å². The average molecular weight is 313 g/mol. The lowest BCUT2D eigenvalue weighted by Gasteiger charge is -2.29. The van der Waals surface area contributed by atoms with Crippen molar-refractivity contribution in [2.24, 2.45) is 0 Å². The smallest absolute Gasteiger partial charge is 0.337 e. The molecule has 0 N–H and O–H groups in total. The van der Waals surface area contributed by atoms with E-state index < -0.39 is 0 Å². The second kappa shape index (κ2) is 6.23. The number of anilines is 1. The number of carbonyl (C=O) groups excluding carboxylic acids is 2. The van der Waals surface area contributed by atoms with Gasteiger partial charge in [0.2, 0.25) is 5.91 Å². The van der Waals surface area contributed by atoms with Crippen molar-refractivity contribution in [3.05, 3.63) is 59.7 Å². The molecule has 5 heteroatoms. The molecule has 1 heterocycles. The van der Waals surface area contributed by atoms with E-state index in [9.17, 15) is 9.59 Å². The van der Waals surface area contributed by atoms with E-state index in [1.165, 1.54) is 18.9 Å². The molecule has 0 radical (unpaired) electrons. The summed E-state index contributed by atoms with van der Waals surface area (Å²) in [4.78, 5) is 26.6. The van der Waals surface area contributed by atoms with Gasteiger partial charge in [-0.15, -0.1) is 11.8 Å². The number of amides is 1. The molecule has 2 aromatic rings. The van der Waals surface area contributed by atoms with Gasteiger partial charge in [-0.2, -0.15) is 0 Å². The number of esters is 1. The second-order valence-corrected chi connectivity index (χ2v) is 5.95. The summed E-state index contributed by atoms with van der Waals surface area (Å²) in [5.41, 5.74) is 2.42. The molecular formula is C17H15NO3S. The van der Waals surface area contributed by atoms with Crippen LogP contribution in [0.1, 0.15) is 15.9 Å². The number of benzene rings is 2. The van der Waals surface area contributed by atoms with Crippen molar-refractivity contribution >= 4 is 29.3 Å². The summed E-state index contributed by atoms with van der Waals surface area (Å²) in [6, 6.07) is 15.2. The molecule has 0 aromatic heterocycles. The molecule has 2 aromatic carbocycles. The highest BCUT2D eigenvalue weighted by Crippen LogP contribution is 2.36. The van der Waals surface area contributed by atoms with Crippen LogP contribution in [0.2, 0.25) is 0 Å². The van der Waals surface area contributed by atoms with Crippen LogP contribution in [0.25, 0.3) is 0 Å². The highest BCUT2D eigenvalue weighted by Gasteiger charge is 2.25. The fourth-order valence-electron chi connectivity index (χ4n) is 2.39.